The molecule has 5 heteroatoms. The van der Waals surface area contributed by atoms with E-state index in [4.69, 9.17) is 0 Å². The quantitative estimate of drug-likeness (QED) is 0.860. The number of rotatable bonds is 4. The molecule has 1 N–H and O–H groups in total. The molecule has 1 aromatic carbocycles. The SMILES string of the molecule is CC(C(=O)Nc1cccc(Br)c1)N1CCC(c2ccncc2)CC1. The number of piperidine rings is 1. The van der Waals surface area contributed by atoms with Crippen LogP contribution in [0.1, 0.15) is 31.2 Å². The third kappa shape index (κ3) is 4.22. The van der Waals surface area contributed by atoms with E-state index in [1.807, 2.05) is 43.6 Å². The van der Waals surface area contributed by atoms with Crippen molar-refractivity contribution >= 4 is 27.5 Å². The van der Waals surface area contributed by atoms with Crippen LogP contribution in [-0.2, 0) is 4.79 Å². The molecule has 0 spiro atoms. The molecular weight excluding hydrogens is 366 g/mol. The zero-order valence-electron chi connectivity index (χ0n) is 13.8. The minimum absolute atomic E-state index is 0.0514. The van der Waals surface area contributed by atoms with Crippen LogP contribution in [0.25, 0.3) is 0 Å². The summed E-state index contributed by atoms with van der Waals surface area (Å²) in [6.45, 7) is 3.88. The van der Waals surface area contributed by atoms with E-state index in [1.54, 1.807) is 0 Å². The molecule has 1 unspecified atom stereocenters. The predicted molar refractivity (Wildman–Crippen MR) is 100 cm³/mol. The van der Waals surface area contributed by atoms with Crippen molar-refractivity contribution in [3.8, 4) is 0 Å². The van der Waals surface area contributed by atoms with Gasteiger partial charge in [-0.15, -0.1) is 0 Å². The Labute approximate surface area is 151 Å². The average Bonchev–Trinajstić information content (AvgIpc) is 2.62. The fourth-order valence-corrected chi connectivity index (χ4v) is 3.63. The summed E-state index contributed by atoms with van der Waals surface area (Å²) in [5, 5.41) is 3.00. The first kappa shape index (κ1) is 17.1. The molecule has 2 aromatic rings. The first-order valence-electron chi connectivity index (χ1n) is 8.34. The van der Waals surface area contributed by atoms with Crippen LogP contribution >= 0.6 is 15.9 Å². The van der Waals surface area contributed by atoms with Crippen molar-refractivity contribution in [2.24, 2.45) is 0 Å². The molecular formula is C19H22BrN3O. The smallest absolute Gasteiger partial charge is 0.241 e. The highest BCUT2D eigenvalue weighted by molar-refractivity contribution is 9.10. The largest absolute Gasteiger partial charge is 0.325 e. The summed E-state index contributed by atoms with van der Waals surface area (Å²) in [5.41, 5.74) is 2.18. The molecule has 1 atom stereocenters. The van der Waals surface area contributed by atoms with Gasteiger partial charge < -0.3 is 5.32 Å². The van der Waals surface area contributed by atoms with E-state index >= 15 is 0 Å². The monoisotopic (exact) mass is 387 g/mol. The lowest BCUT2D eigenvalue weighted by molar-refractivity contribution is -0.121. The minimum Gasteiger partial charge on any atom is -0.325 e. The lowest BCUT2D eigenvalue weighted by Gasteiger charge is -2.35. The average molecular weight is 388 g/mol. The van der Waals surface area contributed by atoms with E-state index in [0.717, 1.165) is 36.1 Å². The maximum absolute atomic E-state index is 12.5. The van der Waals surface area contributed by atoms with Gasteiger partial charge in [0.1, 0.15) is 0 Å². The predicted octanol–water partition coefficient (Wildman–Crippen LogP) is 4.05. The van der Waals surface area contributed by atoms with Crippen LogP contribution < -0.4 is 5.32 Å². The van der Waals surface area contributed by atoms with E-state index in [0.29, 0.717) is 5.92 Å². The Balaban J connectivity index is 1.55. The number of halogens is 1. The number of aromatic nitrogens is 1. The molecule has 0 aliphatic carbocycles. The minimum atomic E-state index is -0.123. The maximum Gasteiger partial charge on any atom is 0.241 e. The molecule has 1 aliphatic heterocycles. The number of likely N-dealkylation sites (tertiary alicyclic amines) is 1. The van der Waals surface area contributed by atoms with Crippen molar-refractivity contribution in [2.45, 2.75) is 31.7 Å². The Hall–Kier alpha value is -1.72. The van der Waals surface area contributed by atoms with Crippen molar-refractivity contribution < 1.29 is 4.79 Å². The maximum atomic E-state index is 12.5. The molecule has 1 fully saturated rings. The van der Waals surface area contributed by atoms with E-state index < -0.39 is 0 Å². The van der Waals surface area contributed by atoms with Crippen LogP contribution in [0.3, 0.4) is 0 Å². The number of carbonyl (C=O) groups excluding carboxylic acids is 1. The molecule has 1 aliphatic rings. The van der Waals surface area contributed by atoms with E-state index in [1.165, 1.54) is 5.56 Å². The molecule has 0 bridgehead atoms. The van der Waals surface area contributed by atoms with E-state index in [2.05, 4.69) is 43.3 Å². The van der Waals surface area contributed by atoms with Crippen LogP contribution in [-0.4, -0.2) is 34.9 Å². The van der Waals surface area contributed by atoms with Gasteiger partial charge in [0.2, 0.25) is 5.91 Å². The highest BCUT2D eigenvalue weighted by Gasteiger charge is 2.27. The zero-order valence-corrected chi connectivity index (χ0v) is 15.4. The van der Waals surface area contributed by atoms with Crippen molar-refractivity contribution in [3.05, 3.63) is 58.8 Å². The summed E-state index contributed by atoms with van der Waals surface area (Å²) >= 11 is 3.43. The third-order valence-corrected chi connectivity index (χ3v) is 5.22. The molecule has 126 valence electrons. The number of nitrogens with zero attached hydrogens (tertiary/aromatic N) is 2. The van der Waals surface area contributed by atoms with Crippen molar-refractivity contribution in [3.63, 3.8) is 0 Å². The number of pyridine rings is 1. The van der Waals surface area contributed by atoms with E-state index in [9.17, 15) is 4.79 Å². The summed E-state index contributed by atoms with van der Waals surface area (Å²) in [6.07, 6.45) is 5.88. The lowest BCUT2D eigenvalue weighted by Crippen LogP contribution is -2.45. The highest BCUT2D eigenvalue weighted by Crippen LogP contribution is 2.28. The van der Waals surface area contributed by atoms with Gasteiger partial charge >= 0.3 is 0 Å². The highest BCUT2D eigenvalue weighted by atomic mass is 79.9. The number of anilines is 1. The third-order valence-electron chi connectivity index (χ3n) is 4.73. The van der Waals surface area contributed by atoms with Gasteiger partial charge in [-0.3, -0.25) is 14.7 Å². The van der Waals surface area contributed by atoms with Crippen LogP contribution in [0.15, 0.2) is 53.3 Å². The number of nitrogens with one attached hydrogen (secondary N) is 1. The molecule has 1 aromatic heterocycles. The van der Waals surface area contributed by atoms with Crippen LogP contribution in [0, 0.1) is 0 Å². The van der Waals surface area contributed by atoms with E-state index in [-0.39, 0.29) is 11.9 Å². The standard InChI is InChI=1S/C19H22BrN3O/c1-14(19(24)22-18-4-2-3-17(20)13-18)23-11-7-16(8-12-23)15-5-9-21-10-6-15/h2-6,9-10,13-14,16H,7-8,11-12H2,1H3,(H,22,24). The second-order valence-corrected chi connectivity index (χ2v) is 7.18. The van der Waals surface area contributed by atoms with Gasteiger partial charge in [0.25, 0.3) is 0 Å². The summed E-state index contributed by atoms with van der Waals surface area (Å²) in [6, 6.07) is 11.8. The molecule has 1 amide bonds. The zero-order chi connectivity index (χ0) is 16.9. The molecule has 3 rings (SSSR count). The Morgan fingerprint density at radius 3 is 2.62 bits per heavy atom. The molecule has 24 heavy (non-hydrogen) atoms. The lowest BCUT2D eigenvalue weighted by atomic mass is 9.89. The van der Waals surface area contributed by atoms with Gasteiger partial charge in [0, 0.05) is 22.6 Å². The molecule has 1 saturated heterocycles. The number of hydrogen-bond donors (Lipinski definition) is 1. The summed E-state index contributed by atoms with van der Waals surface area (Å²) in [7, 11) is 0. The van der Waals surface area contributed by atoms with Gasteiger partial charge in [0.15, 0.2) is 0 Å². The first-order chi connectivity index (χ1) is 11.6. The summed E-state index contributed by atoms with van der Waals surface area (Å²) in [5.74, 6) is 0.625. The molecule has 4 nitrogen and oxygen atoms in total. The van der Waals surface area contributed by atoms with Gasteiger partial charge in [-0.2, -0.15) is 0 Å². The van der Waals surface area contributed by atoms with Gasteiger partial charge in [0.05, 0.1) is 6.04 Å². The fourth-order valence-electron chi connectivity index (χ4n) is 3.23. The first-order valence-corrected chi connectivity index (χ1v) is 9.13. The van der Waals surface area contributed by atoms with Crippen molar-refractivity contribution in [2.75, 3.05) is 18.4 Å². The fraction of sp³-hybridized carbons (Fsp3) is 0.368. The number of amides is 1. The van der Waals surface area contributed by atoms with Crippen molar-refractivity contribution in [1.29, 1.82) is 0 Å². The van der Waals surface area contributed by atoms with Gasteiger partial charge in [-0.1, -0.05) is 22.0 Å². The Morgan fingerprint density at radius 2 is 1.96 bits per heavy atom. The Bertz CT molecular complexity index is 684. The number of hydrogen-bond acceptors (Lipinski definition) is 3. The van der Waals surface area contributed by atoms with Gasteiger partial charge in [-0.05, 0) is 74.7 Å². The molecule has 2 heterocycles. The van der Waals surface area contributed by atoms with Crippen LogP contribution in [0.2, 0.25) is 0 Å². The second-order valence-electron chi connectivity index (χ2n) is 6.27. The summed E-state index contributed by atoms with van der Waals surface area (Å²) in [4.78, 5) is 18.9. The summed E-state index contributed by atoms with van der Waals surface area (Å²) < 4.78 is 0.964. The van der Waals surface area contributed by atoms with Gasteiger partial charge in [-0.25, -0.2) is 0 Å². The van der Waals surface area contributed by atoms with Crippen LogP contribution in [0.5, 0.6) is 0 Å². The molecule has 0 radical (unpaired) electrons. The van der Waals surface area contributed by atoms with Crippen molar-refractivity contribution in [1.82, 2.24) is 9.88 Å². The Kier molecular flexibility index (Phi) is 5.63. The Morgan fingerprint density at radius 1 is 1.25 bits per heavy atom. The van der Waals surface area contributed by atoms with Crippen LogP contribution in [0.4, 0.5) is 5.69 Å². The topological polar surface area (TPSA) is 45.2 Å². The normalized spacial score (nSPS) is 17.4. The number of benzene rings is 1. The molecule has 0 saturated carbocycles. The second kappa shape index (κ2) is 7.90. The number of carbonyl (C=O) groups is 1.